The van der Waals surface area contributed by atoms with Crippen molar-refractivity contribution < 1.29 is 9.53 Å². The average Bonchev–Trinajstić information content (AvgIpc) is 2.97. The molecule has 3 aromatic rings. The van der Waals surface area contributed by atoms with Crippen molar-refractivity contribution in [2.75, 3.05) is 5.32 Å². The number of thiazole rings is 1. The zero-order valence-electron chi connectivity index (χ0n) is 14.4. The van der Waals surface area contributed by atoms with Crippen LogP contribution in [0.25, 0.3) is 0 Å². The van der Waals surface area contributed by atoms with Gasteiger partial charge >= 0.3 is 0 Å². The summed E-state index contributed by atoms with van der Waals surface area (Å²) < 4.78 is 5.69. The Morgan fingerprint density at radius 2 is 1.96 bits per heavy atom. The summed E-state index contributed by atoms with van der Waals surface area (Å²) in [6.07, 6.45) is 1.68. The van der Waals surface area contributed by atoms with Crippen molar-refractivity contribution in [3.05, 3.63) is 69.4 Å². The maximum atomic E-state index is 12.5. The number of carbonyl (C=O) groups excluding carboxylic acids is 1. The third kappa shape index (κ3) is 4.22. The molecule has 128 valence electrons. The molecule has 5 nitrogen and oxygen atoms in total. The zero-order chi connectivity index (χ0) is 17.8. The van der Waals surface area contributed by atoms with Crippen LogP contribution in [-0.2, 0) is 6.61 Å². The lowest BCUT2D eigenvalue weighted by Crippen LogP contribution is -2.12. The van der Waals surface area contributed by atoms with Crippen molar-refractivity contribution >= 4 is 22.9 Å². The van der Waals surface area contributed by atoms with Gasteiger partial charge in [0.1, 0.15) is 22.2 Å². The fourth-order valence-electron chi connectivity index (χ4n) is 2.30. The first-order valence-electron chi connectivity index (χ1n) is 7.91. The number of anilines is 1. The van der Waals surface area contributed by atoms with Crippen LogP contribution in [0.5, 0.6) is 5.75 Å². The Kier molecular flexibility index (Phi) is 5.09. The molecule has 0 bridgehead atoms. The number of hydrogen-bond acceptors (Lipinski definition) is 5. The molecule has 0 aliphatic rings. The number of pyridine rings is 1. The van der Waals surface area contributed by atoms with Crippen LogP contribution in [-0.4, -0.2) is 15.9 Å². The Bertz CT molecular complexity index is 888. The maximum Gasteiger partial charge on any atom is 0.267 e. The van der Waals surface area contributed by atoms with Crippen molar-refractivity contribution in [2.24, 2.45) is 0 Å². The molecule has 0 spiro atoms. The maximum absolute atomic E-state index is 12.5. The van der Waals surface area contributed by atoms with Gasteiger partial charge in [0.15, 0.2) is 0 Å². The van der Waals surface area contributed by atoms with E-state index in [-0.39, 0.29) is 5.91 Å². The summed E-state index contributed by atoms with van der Waals surface area (Å²) in [5.41, 5.74) is 3.47. The number of benzene rings is 1. The molecular formula is C19H19N3O2S. The van der Waals surface area contributed by atoms with E-state index in [0.717, 1.165) is 22.0 Å². The molecule has 0 radical (unpaired) electrons. The number of ether oxygens (including phenoxy) is 1. The van der Waals surface area contributed by atoms with E-state index in [2.05, 4.69) is 15.3 Å². The second-order valence-electron chi connectivity index (χ2n) is 5.72. The smallest absolute Gasteiger partial charge is 0.267 e. The molecule has 0 saturated carbocycles. The number of amides is 1. The van der Waals surface area contributed by atoms with Crippen LogP contribution in [0.3, 0.4) is 0 Å². The largest absolute Gasteiger partial charge is 0.485 e. The molecule has 1 amide bonds. The van der Waals surface area contributed by atoms with Crippen LogP contribution in [0, 0.1) is 20.8 Å². The standard InChI is InChI=1S/C19H19N3O2S/c1-12-6-4-5-7-16(12)22-19(23)18-14(3)21-17(25-18)11-24-15-9-8-13(2)20-10-15/h4-10H,11H2,1-3H3,(H,22,23). The van der Waals surface area contributed by atoms with Crippen LogP contribution in [0.15, 0.2) is 42.6 Å². The van der Waals surface area contributed by atoms with E-state index < -0.39 is 0 Å². The Labute approximate surface area is 150 Å². The van der Waals surface area contributed by atoms with E-state index >= 15 is 0 Å². The molecule has 0 aliphatic heterocycles. The number of rotatable bonds is 5. The van der Waals surface area contributed by atoms with E-state index in [1.165, 1.54) is 11.3 Å². The Morgan fingerprint density at radius 1 is 1.16 bits per heavy atom. The molecule has 6 heteroatoms. The van der Waals surface area contributed by atoms with Gasteiger partial charge in [-0.2, -0.15) is 0 Å². The second-order valence-corrected chi connectivity index (χ2v) is 6.80. The number of aromatic nitrogens is 2. The Hall–Kier alpha value is -2.73. The second kappa shape index (κ2) is 7.44. The van der Waals surface area contributed by atoms with Gasteiger partial charge in [0, 0.05) is 11.4 Å². The summed E-state index contributed by atoms with van der Waals surface area (Å²) in [5.74, 6) is 0.539. The predicted molar refractivity (Wildman–Crippen MR) is 99.3 cm³/mol. The molecule has 25 heavy (non-hydrogen) atoms. The van der Waals surface area contributed by atoms with E-state index in [0.29, 0.717) is 22.9 Å². The number of aryl methyl sites for hydroxylation is 3. The van der Waals surface area contributed by atoms with E-state index in [1.54, 1.807) is 6.20 Å². The number of nitrogens with zero attached hydrogens (tertiary/aromatic N) is 2. The highest BCUT2D eigenvalue weighted by molar-refractivity contribution is 7.13. The number of nitrogens with one attached hydrogen (secondary N) is 1. The fourth-order valence-corrected chi connectivity index (χ4v) is 3.17. The molecule has 3 rings (SSSR count). The number of hydrogen-bond donors (Lipinski definition) is 1. The van der Waals surface area contributed by atoms with Crippen molar-refractivity contribution in [3.63, 3.8) is 0 Å². The molecule has 2 heterocycles. The highest BCUT2D eigenvalue weighted by Gasteiger charge is 2.16. The molecule has 1 aromatic carbocycles. The Balaban J connectivity index is 1.68. The average molecular weight is 353 g/mol. The highest BCUT2D eigenvalue weighted by Crippen LogP contribution is 2.22. The van der Waals surface area contributed by atoms with Gasteiger partial charge in [0.25, 0.3) is 5.91 Å². The first-order chi connectivity index (χ1) is 12.0. The SMILES string of the molecule is Cc1ccc(OCc2nc(C)c(C(=O)Nc3ccccc3C)s2)cn1. The predicted octanol–water partition coefficient (Wildman–Crippen LogP) is 4.29. The highest BCUT2D eigenvalue weighted by atomic mass is 32.1. The van der Waals surface area contributed by atoms with Gasteiger partial charge in [-0.1, -0.05) is 18.2 Å². The van der Waals surface area contributed by atoms with Gasteiger partial charge in [-0.3, -0.25) is 9.78 Å². The van der Waals surface area contributed by atoms with Gasteiger partial charge in [-0.05, 0) is 44.5 Å². The lowest BCUT2D eigenvalue weighted by atomic mass is 10.2. The minimum atomic E-state index is -0.146. The topological polar surface area (TPSA) is 64.1 Å². The summed E-state index contributed by atoms with van der Waals surface area (Å²) >= 11 is 1.35. The molecule has 0 unspecified atom stereocenters. The summed E-state index contributed by atoms with van der Waals surface area (Å²) in [7, 11) is 0. The molecule has 0 fully saturated rings. The third-order valence-electron chi connectivity index (χ3n) is 3.69. The van der Waals surface area contributed by atoms with Crippen LogP contribution in [0.4, 0.5) is 5.69 Å². The first-order valence-corrected chi connectivity index (χ1v) is 8.73. The quantitative estimate of drug-likeness (QED) is 0.743. The minimum absolute atomic E-state index is 0.146. The lowest BCUT2D eigenvalue weighted by molar-refractivity contribution is 0.102. The van der Waals surface area contributed by atoms with E-state index in [4.69, 9.17) is 4.74 Å². The molecule has 1 N–H and O–H groups in total. The van der Waals surface area contributed by atoms with E-state index in [1.807, 2.05) is 57.2 Å². The van der Waals surface area contributed by atoms with Crippen LogP contribution < -0.4 is 10.1 Å². The van der Waals surface area contributed by atoms with Gasteiger partial charge in [0.2, 0.25) is 0 Å². The lowest BCUT2D eigenvalue weighted by Gasteiger charge is -2.06. The number of carbonyl (C=O) groups is 1. The minimum Gasteiger partial charge on any atom is -0.485 e. The molecule has 0 saturated heterocycles. The zero-order valence-corrected chi connectivity index (χ0v) is 15.2. The first kappa shape index (κ1) is 17.1. The van der Waals surface area contributed by atoms with Crippen LogP contribution in [0.2, 0.25) is 0 Å². The van der Waals surface area contributed by atoms with Crippen LogP contribution >= 0.6 is 11.3 Å². The van der Waals surface area contributed by atoms with Gasteiger partial charge in [-0.15, -0.1) is 11.3 Å². The van der Waals surface area contributed by atoms with Crippen molar-refractivity contribution in [1.82, 2.24) is 9.97 Å². The van der Waals surface area contributed by atoms with Crippen molar-refractivity contribution in [1.29, 1.82) is 0 Å². The molecule has 0 aliphatic carbocycles. The fraction of sp³-hybridized carbons (Fsp3) is 0.211. The third-order valence-corrected chi connectivity index (χ3v) is 4.82. The Morgan fingerprint density at radius 3 is 2.68 bits per heavy atom. The van der Waals surface area contributed by atoms with E-state index in [9.17, 15) is 4.79 Å². The molecule has 0 atom stereocenters. The van der Waals surface area contributed by atoms with Crippen LogP contribution in [0.1, 0.15) is 31.6 Å². The van der Waals surface area contributed by atoms with Crippen molar-refractivity contribution in [3.8, 4) is 5.75 Å². The summed E-state index contributed by atoms with van der Waals surface area (Å²) in [5, 5.41) is 3.70. The van der Waals surface area contributed by atoms with Crippen molar-refractivity contribution in [2.45, 2.75) is 27.4 Å². The molecular weight excluding hydrogens is 334 g/mol. The summed E-state index contributed by atoms with van der Waals surface area (Å²) in [6.45, 7) is 6.03. The summed E-state index contributed by atoms with van der Waals surface area (Å²) in [4.78, 5) is 21.8. The number of para-hydroxylation sites is 1. The van der Waals surface area contributed by atoms with Gasteiger partial charge in [0.05, 0.1) is 11.9 Å². The normalized spacial score (nSPS) is 10.5. The summed E-state index contributed by atoms with van der Waals surface area (Å²) in [6, 6.07) is 11.5. The van der Waals surface area contributed by atoms with Gasteiger partial charge < -0.3 is 10.1 Å². The molecule has 2 aromatic heterocycles. The van der Waals surface area contributed by atoms with Gasteiger partial charge in [-0.25, -0.2) is 4.98 Å². The monoisotopic (exact) mass is 353 g/mol.